The molecule has 0 spiro atoms. The predicted octanol–water partition coefficient (Wildman–Crippen LogP) is 4.20. The number of phenolic OH excluding ortho intramolecular Hbond substituents is 1. The molecule has 1 heterocycles. The third-order valence-corrected chi connectivity index (χ3v) is 4.61. The Balaban J connectivity index is 1.89. The first-order chi connectivity index (χ1) is 11.9. The topological polar surface area (TPSA) is 62.6 Å². The summed E-state index contributed by atoms with van der Waals surface area (Å²) in [4.78, 5) is 4.83. The molecule has 0 atom stereocenters. The molecule has 1 saturated carbocycles. The highest BCUT2D eigenvalue weighted by Gasteiger charge is 2.24. The van der Waals surface area contributed by atoms with Crippen LogP contribution in [-0.2, 0) is 6.42 Å². The van der Waals surface area contributed by atoms with Gasteiger partial charge in [0, 0.05) is 22.6 Å². The lowest BCUT2D eigenvalue weighted by atomic mass is 9.99. The highest BCUT2D eigenvalue weighted by molar-refractivity contribution is 6.08. The van der Waals surface area contributed by atoms with Crippen molar-refractivity contribution in [3.05, 3.63) is 42.1 Å². The maximum absolute atomic E-state index is 10.3. The van der Waals surface area contributed by atoms with E-state index in [1.54, 1.807) is 19.9 Å². The van der Waals surface area contributed by atoms with Crippen LogP contribution in [0, 0.1) is 5.92 Å². The quantitative estimate of drug-likeness (QED) is 0.685. The van der Waals surface area contributed by atoms with Gasteiger partial charge in [-0.05, 0) is 44.7 Å². The van der Waals surface area contributed by atoms with E-state index in [4.69, 9.17) is 9.72 Å². The summed E-state index contributed by atoms with van der Waals surface area (Å²) < 4.78 is 6.01. The summed E-state index contributed by atoms with van der Waals surface area (Å²) in [5.41, 5.74) is 0.716. The van der Waals surface area contributed by atoms with Crippen LogP contribution in [0.25, 0.3) is 21.7 Å². The Morgan fingerprint density at radius 3 is 2.56 bits per heavy atom. The maximum Gasteiger partial charge on any atom is 0.141 e. The van der Waals surface area contributed by atoms with Gasteiger partial charge in [-0.15, -0.1) is 0 Å². The fourth-order valence-electron chi connectivity index (χ4n) is 3.16. The molecule has 0 bridgehead atoms. The van der Waals surface area contributed by atoms with Crippen LogP contribution in [0.5, 0.6) is 11.5 Å². The van der Waals surface area contributed by atoms with Crippen LogP contribution in [0.15, 0.2) is 36.4 Å². The minimum atomic E-state index is -0.870. The highest BCUT2D eigenvalue weighted by atomic mass is 16.5. The molecule has 1 aromatic heterocycles. The largest absolute Gasteiger partial charge is 0.507 e. The maximum atomic E-state index is 10.3. The van der Waals surface area contributed by atoms with E-state index in [1.165, 1.54) is 12.8 Å². The van der Waals surface area contributed by atoms with Gasteiger partial charge in [0.25, 0.3) is 0 Å². The van der Waals surface area contributed by atoms with Crippen molar-refractivity contribution >= 4 is 21.7 Å². The predicted molar refractivity (Wildman–Crippen MR) is 99.1 cm³/mol. The van der Waals surface area contributed by atoms with Gasteiger partial charge in [0.1, 0.15) is 11.5 Å². The lowest BCUT2D eigenvalue weighted by Gasteiger charge is -2.20. The van der Waals surface area contributed by atoms with Crippen LogP contribution in [-0.4, -0.2) is 27.4 Å². The molecule has 130 valence electrons. The molecule has 4 rings (SSSR count). The molecule has 1 aliphatic carbocycles. The molecule has 4 nitrogen and oxygen atoms in total. The van der Waals surface area contributed by atoms with E-state index in [0.29, 0.717) is 24.7 Å². The average Bonchev–Trinajstić information content (AvgIpc) is 3.37. The molecule has 2 N–H and O–H groups in total. The second-order valence-corrected chi connectivity index (χ2v) is 7.69. The fourth-order valence-corrected chi connectivity index (χ4v) is 3.16. The standard InChI is InChI=1S/C21H23NO3/c1-21(2,24)11-17-19(25-12-13-7-8-13)10-14-9-18(23)15-5-3-4-6-16(15)20(14)22-17/h3-6,9-10,13,23-24H,7-8,11-12H2,1-2H3. The fraction of sp³-hybridized carbons (Fsp3) is 0.381. The van der Waals surface area contributed by atoms with Crippen molar-refractivity contribution in [3.63, 3.8) is 0 Å². The Kier molecular flexibility index (Phi) is 3.80. The zero-order valence-corrected chi connectivity index (χ0v) is 14.6. The van der Waals surface area contributed by atoms with Gasteiger partial charge < -0.3 is 14.9 Å². The van der Waals surface area contributed by atoms with Crippen LogP contribution < -0.4 is 4.74 Å². The molecule has 0 amide bonds. The minimum absolute atomic E-state index is 0.244. The van der Waals surface area contributed by atoms with E-state index in [-0.39, 0.29) is 5.75 Å². The number of benzene rings is 2. The molecule has 2 aromatic carbocycles. The summed E-state index contributed by atoms with van der Waals surface area (Å²) in [6.45, 7) is 4.24. The summed E-state index contributed by atoms with van der Waals surface area (Å²) in [5, 5.41) is 23.1. The first-order valence-electron chi connectivity index (χ1n) is 8.80. The average molecular weight is 337 g/mol. The monoisotopic (exact) mass is 337 g/mol. The van der Waals surface area contributed by atoms with Gasteiger partial charge in [-0.2, -0.15) is 0 Å². The van der Waals surface area contributed by atoms with E-state index in [1.807, 2.05) is 30.3 Å². The molecule has 0 unspecified atom stereocenters. The smallest absolute Gasteiger partial charge is 0.141 e. The van der Waals surface area contributed by atoms with Gasteiger partial charge in [-0.1, -0.05) is 24.3 Å². The molecule has 0 radical (unpaired) electrons. The number of phenols is 1. The SMILES string of the molecule is CC(C)(O)Cc1nc2c(cc1OCC1CC1)cc(O)c1ccccc12. The van der Waals surface area contributed by atoms with Crippen molar-refractivity contribution in [1.29, 1.82) is 0 Å². The number of hydrogen-bond donors (Lipinski definition) is 2. The number of aromatic nitrogens is 1. The van der Waals surface area contributed by atoms with Crippen molar-refractivity contribution in [2.24, 2.45) is 5.92 Å². The molecule has 25 heavy (non-hydrogen) atoms. The summed E-state index contributed by atoms with van der Waals surface area (Å²) in [6, 6.07) is 11.4. The van der Waals surface area contributed by atoms with Crippen molar-refractivity contribution in [1.82, 2.24) is 4.98 Å². The van der Waals surface area contributed by atoms with Crippen LogP contribution in [0.1, 0.15) is 32.4 Å². The molecular weight excluding hydrogens is 314 g/mol. The highest BCUT2D eigenvalue weighted by Crippen LogP contribution is 2.36. The Morgan fingerprint density at radius 1 is 1.16 bits per heavy atom. The van der Waals surface area contributed by atoms with Crippen molar-refractivity contribution in [3.8, 4) is 11.5 Å². The summed E-state index contributed by atoms with van der Waals surface area (Å²) in [6.07, 6.45) is 2.85. The first-order valence-corrected chi connectivity index (χ1v) is 8.80. The van der Waals surface area contributed by atoms with Crippen molar-refractivity contribution in [2.45, 2.75) is 38.7 Å². The number of rotatable bonds is 5. The van der Waals surface area contributed by atoms with Gasteiger partial charge in [-0.25, -0.2) is 4.98 Å². The van der Waals surface area contributed by atoms with Gasteiger partial charge in [0.05, 0.1) is 23.4 Å². The molecule has 0 saturated heterocycles. The van der Waals surface area contributed by atoms with Crippen molar-refractivity contribution < 1.29 is 14.9 Å². The molecule has 4 heteroatoms. The lowest BCUT2D eigenvalue weighted by Crippen LogP contribution is -2.23. The number of nitrogens with zero attached hydrogens (tertiary/aromatic N) is 1. The van der Waals surface area contributed by atoms with E-state index in [9.17, 15) is 10.2 Å². The normalized spacial score (nSPS) is 15.0. The van der Waals surface area contributed by atoms with Gasteiger partial charge in [-0.3, -0.25) is 0 Å². The summed E-state index contributed by atoms with van der Waals surface area (Å²) in [7, 11) is 0. The number of aliphatic hydroxyl groups is 1. The lowest BCUT2D eigenvalue weighted by molar-refractivity contribution is 0.0789. The van der Waals surface area contributed by atoms with Gasteiger partial charge in [0.15, 0.2) is 0 Å². The molecule has 3 aromatic rings. The first kappa shape index (κ1) is 16.2. The second-order valence-electron chi connectivity index (χ2n) is 7.69. The molecule has 1 aliphatic rings. The Hall–Kier alpha value is -2.33. The van der Waals surface area contributed by atoms with Gasteiger partial charge in [0.2, 0.25) is 0 Å². The Morgan fingerprint density at radius 2 is 1.88 bits per heavy atom. The van der Waals surface area contributed by atoms with E-state index >= 15 is 0 Å². The van der Waals surface area contributed by atoms with E-state index < -0.39 is 5.60 Å². The zero-order valence-electron chi connectivity index (χ0n) is 14.6. The summed E-state index contributed by atoms with van der Waals surface area (Å²) >= 11 is 0. The molecule has 1 fully saturated rings. The number of aromatic hydroxyl groups is 1. The molecule has 0 aliphatic heterocycles. The zero-order chi connectivity index (χ0) is 17.6. The van der Waals surface area contributed by atoms with Crippen LogP contribution in [0.4, 0.5) is 0 Å². The van der Waals surface area contributed by atoms with Crippen molar-refractivity contribution in [2.75, 3.05) is 6.61 Å². The van der Waals surface area contributed by atoms with Crippen LogP contribution >= 0.6 is 0 Å². The number of pyridine rings is 1. The summed E-state index contributed by atoms with van der Waals surface area (Å²) in [5.74, 6) is 1.58. The third kappa shape index (κ3) is 3.40. The third-order valence-electron chi connectivity index (χ3n) is 4.61. The van der Waals surface area contributed by atoms with E-state index in [0.717, 1.165) is 27.4 Å². The van der Waals surface area contributed by atoms with Crippen LogP contribution in [0.3, 0.4) is 0 Å². The van der Waals surface area contributed by atoms with E-state index in [2.05, 4.69) is 0 Å². The molecular formula is C21H23NO3. The number of hydrogen-bond acceptors (Lipinski definition) is 4. The van der Waals surface area contributed by atoms with Crippen LogP contribution in [0.2, 0.25) is 0 Å². The number of ether oxygens (including phenoxy) is 1. The Labute approximate surface area is 147 Å². The number of fused-ring (bicyclic) bond motifs is 3. The minimum Gasteiger partial charge on any atom is -0.507 e. The van der Waals surface area contributed by atoms with Gasteiger partial charge >= 0.3 is 0 Å². The Bertz CT molecular complexity index is 939. The second kappa shape index (κ2) is 5.88.